The Morgan fingerprint density at radius 2 is 1.16 bits per heavy atom. The monoisotopic (exact) mass is 847 g/mol. The van der Waals surface area contributed by atoms with Crippen molar-refractivity contribution in [1.29, 1.82) is 0 Å². The second kappa shape index (κ2) is 18.6. The van der Waals surface area contributed by atoms with Gasteiger partial charge in [-0.3, -0.25) is 20.0 Å². The normalized spacial score (nSPS) is 15.2. The van der Waals surface area contributed by atoms with Gasteiger partial charge in [0.1, 0.15) is 11.6 Å². The van der Waals surface area contributed by atoms with Crippen LogP contribution in [-0.4, -0.2) is 51.1 Å². The van der Waals surface area contributed by atoms with Crippen molar-refractivity contribution < 1.29 is 9.59 Å². The van der Waals surface area contributed by atoms with Crippen molar-refractivity contribution in [2.24, 2.45) is 0 Å². The fourth-order valence-electron chi connectivity index (χ4n) is 6.89. The van der Waals surface area contributed by atoms with E-state index in [1.54, 1.807) is 33.8 Å². The highest BCUT2D eigenvalue weighted by Gasteiger charge is 2.38. The Labute approximate surface area is 355 Å². The molecule has 58 heavy (non-hydrogen) atoms. The van der Waals surface area contributed by atoms with Crippen molar-refractivity contribution in [3.63, 3.8) is 0 Å². The molecule has 15 heteroatoms. The highest BCUT2D eigenvalue weighted by atomic mass is 35.5. The van der Waals surface area contributed by atoms with Gasteiger partial charge in [0.25, 0.3) is 0 Å². The summed E-state index contributed by atoms with van der Waals surface area (Å²) in [7, 11) is 0. The van der Waals surface area contributed by atoms with E-state index in [9.17, 15) is 9.59 Å². The molecule has 3 aliphatic heterocycles. The fourth-order valence-corrected chi connectivity index (χ4v) is 8.90. The van der Waals surface area contributed by atoms with Crippen LogP contribution in [0.5, 0.6) is 0 Å². The van der Waals surface area contributed by atoms with E-state index in [0.717, 1.165) is 54.4 Å². The zero-order valence-corrected chi connectivity index (χ0v) is 34.4. The van der Waals surface area contributed by atoms with Crippen LogP contribution in [0.3, 0.4) is 0 Å². The third-order valence-electron chi connectivity index (χ3n) is 9.84. The SMILES string of the molecule is O=C1N(c2ccccc2Cl)Cc2cnc(SCc3ccccc3)nc2N1C1CCNCC1.O=C1Nc2nc(SCc3ccccc3)ncc2CN1c1ccccc1Cl. The molecule has 0 atom stereocenters. The molecule has 2 aromatic heterocycles. The smallest absolute Gasteiger partial charge is 0.317 e. The van der Waals surface area contributed by atoms with Gasteiger partial charge >= 0.3 is 12.1 Å². The quantitative estimate of drug-likeness (QED) is 0.108. The molecule has 0 unspecified atom stereocenters. The Bertz CT molecular complexity index is 2390. The largest absolute Gasteiger partial charge is 0.330 e. The minimum absolute atomic E-state index is 0.0739. The van der Waals surface area contributed by atoms with Gasteiger partial charge in [-0.05, 0) is 61.3 Å². The Morgan fingerprint density at radius 3 is 1.76 bits per heavy atom. The molecule has 3 aliphatic rings. The first-order chi connectivity index (χ1) is 28.4. The molecule has 1 fully saturated rings. The molecule has 5 heterocycles. The molecule has 0 spiro atoms. The summed E-state index contributed by atoms with van der Waals surface area (Å²) in [5, 5.41) is 8.64. The first-order valence-electron chi connectivity index (χ1n) is 18.9. The summed E-state index contributed by atoms with van der Waals surface area (Å²) in [4.78, 5) is 49.8. The van der Waals surface area contributed by atoms with Crippen LogP contribution in [-0.2, 0) is 24.6 Å². The second-order valence-corrected chi connectivity index (χ2v) is 16.4. The molecule has 2 N–H and O–H groups in total. The maximum atomic E-state index is 13.7. The van der Waals surface area contributed by atoms with Gasteiger partial charge in [0.2, 0.25) is 0 Å². The van der Waals surface area contributed by atoms with Gasteiger partial charge in [-0.2, -0.15) is 0 Å². The fraction of sp³-hybridized carbons (Fsp3) is 0.209. The van der Waals surface area contributed by atoms with Gasteiger partial charge in [-0.15, -0.1) is 0 Å². The molecule has 0 aliphatic carbocycles. The van der Waals surface area contributed by atoms with Gasteiger partial charge in [-0.1, -0.05) is 132 Å². The molecule has 11 nitrogen and oxygen atoms in total. The van der Waals surface area contributed by atoms with E-state index < -0.39 is 0 Å². The lowest BCUT2D eigenvalue weighted by molar-refractivity contribution is 0.245. The number of nitrogens with one attached hydrogen (secondary N) is 2. The number of nitrogens with zero attached hydrogens (tertiary/aromatic N) is 7. The molecular formula is C43H39Cl2N9O2S2. The molecule has 0 radical (unpaired) electrons. The van der Waals surface area contributed by atoms with Crippen molar-refractivity contribution >= 4 is 81.8 Å². The number of fused-ring (bicyclic) bond motifs is 2. The summed E-state index contributed by atoms with van der Waals surface area (Å²) in [5.74, 6) is 2.85. The highest BCUT2D eigenvalue weighted by Crippen LogP contribution is 2.37. The summed E-state index contributed by atoms with van der Waals surface area (Å²) < 4.78 is 0. The van der Waals surface area contributed by atoms with Gasteiger partial charge in [-0.25, -0.2) is 29.5 Å². The van der Waals surface area contributed by atoms with Crippen LogP contribution in [0.2, 0.25) is 10.0 Å². The summed E-state index contributed by atoms with van der Waals surface area (Å²) >= 11 is 15.8. The number of thioether (sulfide) groups is 2. The number of amides is 4. The number of hydrogen-bond acceptors (Lipinski definition) is 9. The van der Waals surface area contributed by atoms with Crippen LogP contribution in [0.1, 0.15) is 35.1 Å². The van der Waals surface area contributed by atoms with Gasteiger partial charge in [0, 0.05) is 41.1 Å². The Kier molecular flexibility index (Phi) is 12.7. The lowest BCUT2D eigenvalue weighted by Crippen LogP contribution is -2.55. The summed E-state index contributed by atoms with van der Waals surface area (Å²) in [5.41, 5.74) is 5.59. The number of rotatable bonds is 9. The number of benzene rings is 4. The lowest BCUT2D eigenvalue weighted by atomic mass is 10.0. The summed E-state index contributed by atoms with van der Waals surface area (Å²) in [6.45, 7) is 2.56. The molecule has 4 amide bonds. The molecule has 1 saturated heterocycles. The Hall–Kier alpha value is -5.18. The van der Waals surface area contributed by atoms with Gasteiger partial charge in [0.05, 0.1) is 34.5 Å². The number of carbonyl (C=O) groups is 2. The third-order valence-corrected chi connectivity index (χ3v) is 12.3. The number of carbonyl (C=O) groups excluding carboxylic acids is 2. The van der Waals surface area contributed by atoms with Crippen LogP contribution in [0.4, 0.5) is 32.6 Å². The number of hydrogen-bond donors (Lipinski definition) is 2. The predicted octanol–water partition coefficient (Wildman–Crippen LogP) is 10.1. The number of halogens is 2. The van der Waals surface area contributed by atoms with E-state index in [4.69, 9.17) is 28.2 Å². The van der Waals surface area contributed by atoms with E-state index in [1.165, 1.54) is 22.9 Å². The van der Waals surface area contributed by atoms with E-state index in [-0.39, 0.29) is 18.1 Å². The minimum atomic E-state index is -0.247. The maximum Gasteiger partial charge on any atom is 0.330 e. The average molecular weight is 849 g/mol. The van der Waals surface area contributed by atoms with Crippen molar-refractivity contribution in [3.8, 4) is 0 Å². The van der Waals surface area contributed by atoms with Gasteiger partial charge in [0.15, 0.2) is 10.3 Å². The molecule has 0 bridgehead atoms. The van der Waals surface area contributed by atoms with Crippen LogP contribution < -0.4 is 25.3 Å². The maximum absolute atomic E-state index is 13.7. The minimum Gasteiger partial charge on any atom is -0.317 e. The third kappa shape index (κ3) is 9.24. The topological polar surface area (TPSA) is 119 Å². The molecule has 4 aromatic carbocycles. The highest BCUT2D eigenvalue weighted by molar-refractivity contribution is 7.98. The van der Waals surface area contributed by atoms with Crippen LogP contribution in [0.15, 0.2) is 132 Å². The van der Waals surface area contributed by atoms with E-state index >= 15 is 0 Å². The Balaban J connectivity index is 0.000000165. The van der Waals surface area contributed by atoms with Crippen molar-refractivity contribution in [1.82, 2.24) is 25.3 Å². The number of para-hydroxylation sites is 2. The van der Waals surface area contributed by atoms with E-state index in [2.05, 4.69) is 49.9 Å². The Morgan fingerprint density at radius 1 is 0.638 bits per heavy atom. The molecule has 9 rings (SSSR count). The second-order valence-electron chi connectivity index (χ2n) is 13.7. The van der Waals surface area contributed by atoms with E-state index in [1.807, 2.05) is 90.0 Å². The zero-order valence-electron chi connectivity index (χ0n) is 31.3. The zero-order chi connectivity index (χ0) is 39.8. The standard InChI is InChI=1S/C24H24ClN5OS.C19H15ClN4OS/c25-20-8-4-5-9-21(20)29-15-18-14-27-23(32-16-17-6-2-1-3-7-17)28-22(18)30(24(29)31)19-10-12-26-13-11-19;20-15-8-4-5-9-16(15)24-11-14-10-21-18(22-17(14)23-19(24)25)26-12-13-6-2-1-3-7-13/h1-9,14,19,26H,10-13,15-16H2;1-10H,11-12H2,(H,21,22,23,25). The first-order valence-corrected chi connectivity index (χ1v) is 21.6. The van der Waals surface area contributed by atoms with Crippen LogP contribution in [0, 0.1) is 0 Å². The van der Waals surface area contributed by atoms with Crippen molar-refractivity contribution in [2.45, 2.75) is 53.8 Å². The predicted molar refractivity (Wildman–Crippen MR) is 234 cm³/mol. The average Bonchev–Trinajstić information content (AvgIpc) is 3.26. The summed E-state index contributed by atoms with van der Waals surface area (Å²) in [6.07, 6.45) is 5.40. The molecule has 6 aromatic rings. The van der Waals surface area contributed by atoms with Crippen LogP contribution in [0.25, 0.3) is 0 Å². The molecule has 0 saturated carbocycles. The first kappa shape index (κ1) is 39.6. The number of anilines is 4. The lowest BCUT2D eigenvalue weighted by Gasteiger charge is -2.41. The number of aromatic nitrogens is 4. The number of urea groups is 2. The summed E-state index contributed by atoms with van der Waals surface area (Å²) in [6, 6.07) is 34.9. The van der Waals surface area contributed by atoms with Gasteiger partial charge < -0.3 is 5.32 Å². The van der Waals surface area contributed by atoms with Crippen molar-refractivity contribution in [3.05, 3.63) is 154 Å². The molecular weight excluding hydrogens is 810 g/mol. The molecule has 294 valence electrons. The van der Waals surface area contributed by atoms with E-state index in [0.29, 0.717) is 50.6 Å². The van der Waals surface area contributed by atoms with Crippen LogP contribution >= 0.6 is 46.7 Å². The number of piperidine rings is 1. The van der Waals surface area contributed by atoms with Crippen molar-refractivity contribution in [2.75, 3.05) is 33.1 Å².